The van der Waals surface area contributed by atoms with E-state index in [9.17, 15) is 4.79 Å². The SMILES string of the molecule is CC.CC1=NC(c2ccc(-c3cc(C(=O)NC4CC4)ccc3C)cc2)ON1. The van der Waals surface area contributed by atoms with Gasteiger partial charge < -0.3 is 5.32 Å². The zero-order valence-electron chi connectivity index (χ0n) is 16.4. The number of hydrogen-bond acceptors (Lipinski definition) is 4. The number of aliphatic imine (C=N–C) groups is 1. The number of carbonyl (C=O) groups excluding carboxylic acids is 1. The van der Waals surface area contributed by atoms with E-state index in [1.165, 1.54) is 0 Å². The van der Waals surface area contributed by atoms with Gasteiger partial charge in [0.1, 0.15) is 5.84 Å². The predicted octanol–water partition coefficient (Wildman–Crippen LogP) is 4.53. The van der Waals surface area contributed by atoms with E-state index in [1.54, 1.807) is 0 Å². The van der Waals surface area contributed by atoms with Gasteiger partial charge in [0.25, 0.3) is 5.91 Å². The van der Waals surface area contributed by atoms with E-state index in [0.29, 0.717) is 11.6 Å². The summed E-state index contributed by atoms with van der Waals surface area (Å²) >= 11 is 0. The van der Waals surface area contributed by atoms with Crippen LogP contribution in [-0.4, -0.2) is 17.8 Å². The second kappa shape index (κ2) is 8.35. The molecule has 2 aromatic carbocycles. The number of nitrogens with zero attached hydrogens (tertiary/aromatic N) is 1. The van der Waals surface area contributed by atoms with Gasteiger partial charge in [0.05, 0.1) is 0 Å². The normalized spacial score (nSPS) is 18.1. The minimum atomic E-state index is -0.300. The van der Waals surface area contributed by atoms with Gasteiger partial charge >= 0.3 is 0 Å². The molecule has 1 amide bonds. The van der Waals surface area contributed by atoms with Crippen molar-refractivity contribution in [3.8, 4) is 11.1 Å². The quantitative estimate of drug-likeness (QED) is 0.836. The second-order valence-electron chi connectivity index (χ2n) is 6.69. The smallest absolute Gasteiger partial charge is 0.251 e. The van der Waals surface area contributed by atoms with Gasteiger partial charge in [-0.1, -0.05) is 44.2 Å². The third-order valence-electron chi connectivity index (χ3n) is 4.55. The molecule has 1 saturated carbocycles. The van der Waals surface area contributed by atoms with Crippen molar-refractivity contribution >= 4 is 11.7 Å². The summed E-state index contributed by atoms with van der Waals surface area (Å²) in [5.74, 6) is 0.787. The van der Waals surface area contributed by atoms with Crippen molar-refractivity contribution < 1.29 is 9.63 Å². The molecule has 5 nitrogen and oxygen atoms in total. The Morgan fingerprint density at radius 2 is 1.81 bits per heavy atom. The molecule has 0 saturated heterocycles. The number of rotatable bonds is 4. The van der Waals surface area contributed by atoms with Gasteiger partial charge in [-0.3, -0.25) is 10.3 Å². The average Bonchev–Trinajstić information content (AvgIpc) is 3.41. The van der Waals surface area contributed by atoms with E-state index in [-0.39, 0.29) is 12.1 Å². The van der Waals surface area contributed by atoms with Crippen LogP contribution in [-0.2, 0) is 4.84 Å². The molecule has 2 aliphatic rings. The highest BCUT2D eigenvalue weighted by Gasteiger charge is 2.24. The summed E-state index contributed by atoms with van der Waals surface area (Å²) in [7, 11) is 0. The maximum absolute atomic E-state index is 12.3. The Bertz CT molecular complexity index is 839. The lowest BCUT2D eigenvalue weighted by atomic mass is 9.97. The maximum atomic E-state index is 12.3. The van der Waals surface area contributed by atoms with Crippen molar-refractivity contribution in [2.24, 2.45) is 4.99 Å². The molecule has 0 aromatic heterocycles. The van der Waals surface area contributed by atoms with E-state index in [0.717, 1.165) is 40.9 Å². The molecule has 4 rings (SSSR count). The van der Waals surface area contributed by atoms with Crippen molar-refractivity contribution in [2.45, 2.75) is 52.8 Å². The van der Waals surface area contributed by atoms with Crippen molar-refractivity contribution in [1.29, 1.82) is 0 Å². The minimum Gasteiger partial charge on any atom is -0.349 e. The Labute approximate surface area is 160 Å². The molecule has 1 atom stereocenters. The molecule has 5 heteroatoms. The van der Waals surface area contributed by atoms with Crippen LogP contribution in [0.2, 0.25) is 0 Å². The van der Waals surface area contributed by atoms with Gasteiger partial charge in [0.15, 0.2) is 0 Å². The first-order valence-corrected chi connectivity index (χ1v) is 9.58. The molecular weight excluding hydrogens is 338 g/mol. The Hall–Kier alpha value is -2.66. The lowest BCUT2D eigenvalue weighted by Gasteiger charge is -2.11. The van der Waals surface area contributed by atoms with Crippen molar-refractivity contribution in [2.75, 3.05) is 0 Å². The number of hydrogen-bond donors (Lipinski definition) is 2. The Kier molecular flexibility index (Phi) is 5.91. The highest BCUT2D eigenvalue weighted by atomic mass is 16.7. The summed E-state index contributed by atoms with van der Waals surface area (Å²) in [6.45, 7) is 7.93. The summed E-state index contributed by atoms with van der Waals surface area (Å²) in [6, 6.07) is 14.3. The summed E-state index contributed by atoms with van der Waals surface area (Å²) in [6.07, 6.45) is 1.88. The molecule has 2 aromatic rings. The summed E-state index contributed by atoms with van der Waals surface area (Å²) in [5, 5.41) is 3.04. The third-order valence-corrected chi connectivity index (χ3v) is 4.55. The molecule has 1 aliphatic heterocycles. The average molecular weight is 365 g/mol. The van der Waals surface area contributed by atoms with Crippen LogP contribution in [0.15, 0.2) is 47.5 Å². The van der Waals surface area contributed by atoms with Crippen LogP contribution < -0.4 is 10.8 Å². The molecule has 1 unspecified atom stereocenters. The number of carbonyl (C=O) groups is 1. The van der Waals surface area contributed by atoms with E-state index < -0.39 is 0 Å². The number of benzene rings is 2. The molecule has 0 bridgehead atoms. The molecule has 1 heterocycles. The zero-order valence-corrected chi connectivity index (χ0v) is 16.4. The fraction of sp³-hybridized carbons (Fsp3) is 0.364. The van der Waals surface area contributed by atoms with Crippen LogP contribution in [0.1, 0.15) is 61.3 Å². The lowest BCUT2D eigenvalue weighted by molar-refractivity contribution is 0.0374. The van der Waals surface area contributed by atoms with Crippen LogP contribution in [0.25, 0.3) is 11.1 Å². The van der Waals surface area contributed by atoms with Crippen LogP contribution in [0.4, 0.5) is 0 Å². The first-order valence-electron chi connectivity index (χ1n) is 9.58. The van der Waals surface area contributed by atoms with E-state index in [4.69, 9.17) is 4.84 Å². The first kappa shape index (κ1) is 19.1. The van der Waals surface area contributed by atoms with Crippen LogP contribution in [0.5, 0.6) is 0 Å². The highest BCUT2D eigenvalue weighted by Crippen LogP contribution is 2.28. The topological polar surface area (TPSA) is 62.7 Å². The van der Waals surface area contributed by atoms with Gasteiger partial charge in [-0.05, 0) is 55.5 Å². The molecule has 1 fully saturated rings. The van der Waals surface area contributed by atoms with Crippen molar-refractivity contribution in [1.82, 2.24) is 10.8 Å². The fourth-order valence-electron chi connectivity index (χ4n) is 2.91. The van der Waals surface area contributed by atoms with E-state index in [1.807, 2.05) is 63.2 Å². The lowest BCUT2D eigenvalue weighted by Crippen LogP contribution is -2.25. The number of aryl methyl sites for hydroxylation is 1. The van der Waals surface area contributed by atoms with Gasteiger partial charge in [0.2, 0.25) is 6.23 Å². The third kappa shape index (κ3) is 4.55. The van der Waals surface area contributed by atoms with Crippen LogP contribution >= 0.6 is 0 Å². The zero-order chi connectivity index (χ0) is 19.4. The maximum Gasteiger partial charge on any atom is 0.251 e. The Morgan fingerprint density at radius 3 is 2.41 bits per heavy atom. The van der Waals surface area contributed by atoms with Crippen molar-refractivity contribution in [3.63, 3.8) is 0 Å². The number of nitrogens with one attached hydrogen (secondary N) is 2. The summed E-state index contributed by atoms with van der Waals surface area (Å²) in [5.41, 5.74) is 7.76. The van der Waals surface area contributed by atoms with E-state index >= 15 is 0 Å². The molecule has 27 heavy (non-hydrogen) atoms. The number of amidine groups is 1. The molecule has 2 N–H and O–H groups in total. The van der Waals surface area contributed by atoms with E-state index in [2.05, 4.69) is 22.7 Å². The van der Waals surface area contributed by atoms with Gasteiger partial charge in [0, 0.05) is 17.2 Å². The molecule has 1 aliphatic carbocycles. The van der Waals surface area contributed by atoms with Gasteiger partial charge in [-0.2, -0.15) is 0 Å². The summed E-state index contributed by atoms with van der Waals surface area (Å²) < 4.78 is 0. The largest absolute Gasteiger partial charge is 0.349 e. The Morgan fingerprint density at radius 1 is 1.11 bits per heavy atom. The van der Waals surface area contributed by atoms with Gasteiger partial charge in [-0.15, -0.1) is 0 Å². The molecular formula is C22H27N3O2. The summed E-state index contributed by atoms with van der Waals surface area (Å²) in [4.78, 5) is 22.1. The predicted molar refractivity (Wildman–Crippen MR) is 109 cm³/mol. The fourth-order valence-corrected chi connectivity index (χ4v) is 2.91. The molecule has 142 valence electrons. The highest BCUT2D eigenvalue weighted by molar-refractivity contribution is 5.96. The minimum absolute atomic E-state index is 0.00983. The second-order valence-corrected chi connectivity index (χ2v) is 6.69. The number of amides is 1. The molecule has 0 radical (unpaired) electrons. The first-order chi connectivity index (χ1) is 13.1. The van der Waals surface area contributed by atoms with Crippen LogP contribution in [0.3, 0.4) is 0 Å². The Balaban J connectivity index is 0.00000102. The molecule has 0 spiro atoms. The monoisotopic (exact) mass is 365 g/mol. The van der Waals surface area contributed by atoms with Crippen molar-refractivity contribution in [3.05, 3.63) is 59.2 Å². The standard InChI is InChI=1S/C20H21N3O2.C2H6/c1-12-3-4-16(19(24)22-17-9-10-17)11-18(12)14-5-7-15(8-6-14)20-21-13(2)23-25-20;1-2/h3-8,11,17,20H,9-10H2,1-2H3,(H,21,23)(H,22,24);1-2H3. The van der Waals surface area contributed by atoms with Gasteiger partial charge in [-0.25, -0.2) is 9.83 Å². The number of hydroxylamine groups is 1. The van der Waals surface area contributed by atoms with Crippen LogP contribution in [0, 0.1) is 6.92 Å².